The molecule has 1 unspecified atom stereocenters. The number of ether oxygens (including phenoxy) is 1. The molecule has 1 aromatic carbocycles. The van der Waals surface area contributed by atoms with E-state index in [0.29, 0.717) is 6.42 Å². The number of carbonyl (C=O) groups excluding carboxylic acids is 1. The Morgan fingerprint density at radius 2 is 1.86 bits per heavy atom. The Morgan fingerprint density at radius 1 is 1.14 bits per heavy atom. The Labute approximate surface area is 128 Å². The highest BCUT2D eigenvalue weighted by Crippen LogP contribution is 2.19. The van der Waals surface area contributed by atoms with Gasteiger partial charge in [-0.15, -0.1) is 0 Å². The lowest BCUT2D eigenvalue weighted by Crippen LogP contribution is -2.10. The molecule has 0 aliphatic rings. The quantitative estimate of drug-likeness (QED) is 0.520. The normalized spacial score (nSPS) is 12.1. The van der Waals surface area contributed by atoms with Gasteiger partial charge in [0.15, 0.2) is 0 Å². The summed E-state index contributed by atoms with van der Waals surface area (Å²) >= 11 is 0. The monoisotopic (exact) mass is 291 g/mol. The maximum Gasteiger partial charge on any atom is 0.305 e. The summed E-state index contributed by atoms with van der Waals surface area (Å²) < 4.78 is 4.64. The highest BCUT2D eigenvalue weighted by Gasteiger charge is 2.06. The van der Waals surface area contributed by atoms with Crippen molar-refractivity contribution in [3.8, 4) is 0 Å². The van der Waals surface area contributed by atoms with Gasteiger partial charge < -0.3 is 10.5 Å². The highest BCUT2D eigenvalue weighted by atomic mass is 16.5. The number of aryl methyl sites for hydroxylation is 1. The molecular formula is C18H29NO2. The van der Waals surface area contributed by atoms with Crippen molar-refractivity contribution in [1.29, 1.82) is 0 Å². The molecule has 21 heavy (non-hydrogen) atoms. The molecule has 0 aliphatic heterocycles. The standard InChI is InChI=1S/C18H29NO2/c1-3-4-5-6-9-17(19)16-13-11-15(12-14-16)8-7-10-18(20)21-2/h11-14,17H,3-10,19H2,1-2H3. The fraction of sp³-hybridized carbons (Fsp3) is 0.611. The molecule has 0 aliphatic carbocycles. The van der Waals surface area contributed by atoms with Crippen LogP contribution >= 0.6 is 0 Å². The van der Waals surface area contributed by atoms with E-state index in [1.807, 2.05) is 0 Å². The maximum absolute atomic E-state index is 11.1. The minimum atomic E-state index is -0.138. The summed E-state index contributed by atoms with van der Waals surface area (Å²) in [6.45, 7) is 2.22. The van der Waals surface area contributed by atoms with E-state index < -0.39 is 0 Å². The largest absolute Gasteiger partial charge is 0.469 e. The van der Waals surface area contributed by atoms with E-state index in [-0.39, 0.29) is 12.0 Å². The summed E-state index contributed by atoms with van der Waals surface area (Å²) in [5.74, 6) is -0.138. The number of rotatable bonds is 10. The van der Waals surface area contributed by atoms with Crippen molar-refractivity contribution >= 4 is 5.97 Å². The van der Waals surface area contributed by atoms with Gasteiger partial charge in [-0.3, -0.25) is 4.79 Å². The fourth-order valence-electron chi connectivity index (χ4n) is 2.43. The van der Waals surface area contributed by atoms with Crippen LogP contribution in [0.1, 0.15) is 69.0 Å². The molecule has 0 radical (unpaired) electrons. The van der Waals surface area contributed by atoms with Gasteiger partial charge in [-0.1, -0.05) is 56.9 Å². The maximum atomic E-state index is 11.1. The average molecular weight is 291 g/mol. The minimum Gasteiger partial charge on any atom is -0.469 e. The Bertz CT molecular complexity index is 400. The number of hydrogen-bond acceptors (Lipinski definition) is 3. The van der Waals surface area contributed by atoms with Crippen molar-refractivity contribution < 1.29 is 9.53 Å². The molecule has 2 N–H and O–H groups in total. The molecule has 3 nitrogen and oxygen atoms in total. The molecule has 1 aromatic rings. The number of hydrogen-bond donors (Lipinski definition) is 1. The lowest BCUT2D eigenvalue weighted by molar-refractivity contribution is -0.140. The van der Waals surface area contributed by atoms with Gasteiger partial charge in [-0.2, -0.15) is 0 Å². The van der Waals surface area contributed by atoms with Crippen LogP contribution in [0.4, 0.5) is 0 Å². The van der Waals surface area contributed by atoms with Crippen LogP contribution in [0, 0.1) is 0 Å². The second-order valence-corrected chi connectivity index (χ2v) is 5.63. The van der Waals surface area contributed by atoms with Crippen molar-refractivity contribution in [2.75, 3.05) is 7.11 Å². The van der Waals surface area contributed by atoms with E-state index in [1.165, 1.54) is 43.9 Å². The van der Waals surface area contributed by atoms with Crippen molar-refractivity contribution in [3.05, 3.63) is 35.4 Å². The molecule has 0 aromatic heterocycles. The van der Waals surface area contributed by atoms with Gasteiger partial charge in [-0.05, 0) is 30.4 Å². The first-order chi connectivity index (χ1) is 10.2. The molecule has 0 amide bonds. The SMILES string of the molecule is CCCCCCC(N)c1ccc(CCCC(=O)OC)cc1. The lowest BCUT2D eigenvalue weighted by Gasteiger charge is -2.12. The van der Waals surface area contributed by atoms with E-state index in [4.69, 9.17) is 5.73 Å². The number of nitrogens with two attached hydrogens (primary N) is 1. The predicted molar refractivity (Wildman–Crippen MR) is 87.1 cm³/mol. The molecule has 118 valence electrons. The van der Waals surface area contributed by atoms with Crippen LogP contribution in [0.5, 0.6) is 0 Å². The number of carbonyl (C=O) groups is 1. The van der Waals surface area contributed by atoms with Crippen LogP contribution in [0.15, 0.2) is 24.3 Å². The van der Waals surface area contributed by atoms with E-state index in [9.17, 15) is 4.79 Å². The molecule has 1 rings (SSSR count). The summed E-state index contributed by atoms with van der Waals surface area (Å²) in [5.41, 5.74) is 8.69. The summed E-state index contributed by atoms with van der Waals surface area (Å²) in [7, 11) is 1.43. The van der Waals surface area contributed by atoms with Crippen LogP contribution in [-0.4, -0.2) is 13.1 Å². The van der Waals surface area contributed by atoms with Gasteiger partial charge >= 0.3 is 5.97 Å². The lowest BCUT2D eigenvalue weighted by atomic mass is 9.98. The average Bonchev–Trinajstić information content (AvgIpc) is 2.51. The van der Waals surface area contributed by atoms with Crippen molar-refractivity contribution in [2.24, 2.45) is 5.73 Å². The van der Waals surface area contributed by atoms with E-state index in [0.717, 1.165) is 19.3 Å². The first kappa shape index (κ1) is 17.7. The molecular weight excluding hydrogens is 262 g/mol. The van der Waals surface area contributed by atoms with Crippen molar-refractivity contribution in [1.82, 2.24) is 0 Å². The summed E-state index contributed by atoms with van der Waals surface area (Å²) in [6.07, 6.45) is 8.31. The van der Waals surface area contributed by atoms with Gasteiger partial charge in [0, 0.05) is 12.5 Å². The fourth-order valence-corrected chi connectivity index (χ4v) is 2.43. The number of benzene rings is 1. The van der Waals surface area contributed by atoms with Crippen LogP contribution in [0.25, 0.3) is 0 Å². The molecule has 0 bridgehead atoms. The zero-order valence-corrected chi connectivity index (χ0v) is 13.4. The van der Waals surface area contributed by atoms with E-state index >= 15 is 0 Å². The van der Waals surface area contributed by atoms with Gasteiger partial charge in [0.2, 0.25) is 0 Å². The van der Waals surface area contributed by atoms with Crippen molar-refractivity contribution in [2.45, 2.75) is 64.3 Å². The predicted octanol–water partition coefficient (Wildman–Crippen LogP) is 4.15. The Hall–Kier alpha value is -1.35. The third-order valence-corrected chi connectivity index (χ3v) is 3.85. The van der Waals surface area contributed by atoms with E-state index in [1.54, 1.807) is 0 Å². The number of methoxy groups -OCH3 is 1. The van der Waals surface area contributed by atoms with E-state index in [2.05, 4.69) is 35.9 Å². The topological polar surface area (TPSA) is 52.3 Å². The molecule has 0 fully saturated rings. The zero-order chi connectivity index (χ0) is 15.5. The van der Waals surface area contributed by atoms with Crippen LogP contribution in [0.2, 0.25) is 0 Å². The third kappa shape index (κ3) is 7.28. The van der Waals surface area contributed by atoms with Gasteiger partial charge in [0.25, 0.3) is 0 Å². The molecule has 1 atom stereocenters. The molecule has 3 heteroatoms. The molecule has 0 spiro atoms. The van der Waals surface area contributed by atoms with Gasteiger partial charge in [0.1, 0.15) is 0 Å². The Kier molecular flexibility index (Phi) is 8.76. The van der Waals surface area contributed by atoms with Crippen LogP contribution < -0.4 is 5.73 Å². The Balaban J connectivity index is 2.33. The molecule has 0 saturated heterocycles. The number of unbranched alkanes of at least 4 members (excludes halogenated alkanes) is 3. The number of esters is 1. The summed E-state index contributed by atoms with van der Waals surface area (Å²) in [5, 5.41) is 0. The minimum absolute atomic E-state index is 0.138. The highest BCUT2D eigenvalue weighted by molar-refractivity contribution is 5.69. The second-order valence-electron chi connectivity index (χ2n) is 5.63. The second kappa shape index (κ2) is 10.4. The smallest absolute Gasteiger partial charge is 0.305 e. The summed E-state index contributed by atoms with van der Waals surface area (Å²) in [4.78, 5) is 11.1. The zero-order valence-electron chi connectivity index (χ0n) is 13.4. The van der Waals surface area contributed by atoms with Gasteiger partial charge in [-0.25, -0.2) is 0 Å². The first-order valence-corrected chi connectivity index (χ1v) is 8.08. The molecule has 0 saturated carbocycles. The Morgan fingerprint density at radius 3 is 2.48 bits per heavy atom. The molecule has 0 heterocycles. The van der Waals surface area contributed by atoms with Crippen LogP contribution in [-0.2, 0) is 16.0 Å². The van der Waals surface area contributed by atoms with Gasteiger partial charge in [0.05, 0.1) is 7.11 Å². The van der Waals surface area contributed by atoms with Crippen LogP contribution in [0.3, 0.4) is 0 Å². The first-order valence-electron chi connectivity index (χ1n) is 8.08. The third-order valence-electron chi connectivity index (χ3n) is 3.85. The van der Waals surface area contributed by atoms with Crippen molar-refractivity contribution in [3.63, 3.8) is 0 Å². The summed E-state index contributed by atoms with van der Waals surface area (Å²) in [6, 6.07) is 8.64.